The van der Waals surface area contributed by atoms with Crippen molar-refractivity contribution < 1.29 is 9.59 Å². The molecule has 0 bridgehead atoms. The van der Waals surface area contributed by atoms with Crippen molar-refractivity contribution in [3.63, 3.8) is 0 Å². The lowest BCUT2D eigenvalue weighted by Gasteiger charge is -2.07. The van der Waals surface area contributed by atoms with Gasteiger partial charge >= 0.3 is 0 Å². The lowest BCUT2D eigenvalue weighted by Crippen LogP contribution is -2.28. The van der Waals surface area contributed by atoms with Crippen molar-refractivity contribution in [3.8, 4) is 0 Å². The van der Waals surface area contributed by atoms with Gasteiger partial charge in [0.05, 0.1) is 0 Å². The Morgan fingerprint density at radius 1 is 0.905 bits per heavy atom. The molecule has 0 aliphatic carbocycles. The highest BCUT2D eigenvalue weighted by Crippen LogP contribution is 2.01. The van der Waals surface area contributed by atoms with E-state index in [1.807, 2.05) is 0 Å². The first-order valence-corrected chi connectivity index (χ1v) is 7.72. The second-order valence-electron chi connectivity index (χ2n) is 4.98. The number of nitrogens with one attached hydrogen (secondary N) is 2. The minimum Gasteiger partial charge on any atom is -0.351 e. The summed E-state index contributed by atoms with van der Waals surface area (Å²) in [4.78, 5) is 28.0. The third-order valence-corrected chi connectivity index (χ3v) is 3.10. The van der Waals surface area contributed by atoms with E-state index in [0.29, 0.717) is 13.1 Å². The Labute approximate surface area is 126 Å². The van der Waals surface area contributed by atoms with E-state index in [9.17, 15) is 9.59 Å². The first-order valence-electron chi connectivity index (χ1n) is 7.72. The molecule has 0 saturated heterocycles. The normalized spacial score (nSPS) is 10.2. The van der Waals surface area contributed by atoms with Crippen LogP contribution in [0.4, 0.5) is 0 Å². The molecule has 2 N–H and O–H groups in total. The number of amides is 2. The van der Waals surface area contributed by atoms with Crippen molar-refractivity contribution in [2.24, 2.45) is 0 Å². The van der Waals surface area contributed by atoms with E-state index in [-0.39, 0.29) is 23.2 Å². The van der Waals surface area contributed by atoms with Gasteiger partial charge in [0.25, 0.3) is 11.8 Å². The summed E-state index contributed by atoms with van der Waals surface area (Å²) in [6.07, 6.45) is 5.12. The van der Waals surface area contributed by atoms with Crippen molar-refractivity contribution in [1.82, 2.24) is 15.6 Å². The van der Waals surface area contributed by atoms with E-state index in [4.69, 9.17) is 0 Å². The molecule has 0 saturated carbocycles. The van der Waals surface area contributed by atoms with Crippen LogP contribution in [-0.2, 0) is 0 Å². The maximum Gasteiger partial charge on any atom is 0.269 e. The maximum absolute atomic E-state index is 11.9. The molecule has 21 heavy (non-hydrogen) atoms. The summed E-state index contributed by atoms with van der Waals surface area (Å²) in [5.41, 5.74) is 0.571. The highest BCUT2D eigenvalue weighted by molar-refractivity contribution is 5.96. The zero-order valence-electron chi connectivity index (χ0n) is 12.9. The van der Waals surface area contributed by atoms with Crippen LogP contribution in [0.1, 0.15) is 66.9 Å². The van der Waals surface area contributed by atoms with Crippen LogP contribution in [0.15, 0.2) is 18.2 Å². The van der Waals surface area contributed by atoms with Gasteiger partial charge in [0, 0.05) is 13.1 Å². The number of nitrogens with zero attached hydrogens (tertiary/aromatic N) is 1. The molecule has 0 aromatic carbocycles. The molecule has 5 nitrogen and oxygen atoms in total. The van der Waals surface area contributed by atoms with Gasteiger partial charge in [0.2, 0.25) is 0 Å². The fourth-order valence-electron chi connectivity index (χ4n) is 1.82. The summed E-state index contributed by atoms with van der Waals surface area (Å²) in [6.45, 7) is 5.45. The number of carbonyl (C=O) groups excluding carboxylic acids is 2. The van der Waals surface area contributed by atoms with E-state index in [0.717, 1.165) is 32.1 Å². The van der Waals surface area contributed by atoms with Gasteiger partial charge in [-0.05, 0) is 25.0 Å². The number of rotatable bonds is 9. The second kappa shape index (κ2) is 9.91. The molecular formula is C16H25N3O2. The maximum atomic E-state index is 11.9. The third kappa shape index (κ3) is 6.38. The summed E-state index contributed by atoms with van der Waals surface area (Å²) in [6, 6.07) is 4.93. The van der Waals surface area contributed by atoms with Crippen molar-refractivity contribution in [3.05, 3.63) is 29.6 Å². The molecule has 0 spiro atoms. The second-order valence-corrected chi connectivity index (χ2v) is 4.98. The van der Waals surface area contributed by atoms with Crippen LogP contribution in [0, 0.1) is 0 Å². The lowest BCUT2D eigenvalue weighted by molar-refractivity contribution is 0.0944. The van der Waals surface area contributed by atoms with Gasteiger partial charge in [-0.25, -0.2) is 4.98 Å². The average Bonchev–Trinajstić information content (AvgIpc) is 2.51. The van der Waals surface area contributed by atoms with Gasteiger partial charge in [-0.2, -0.15) is 0 Å². The molecule has 0 unspecified atom stereocenters. The van der Waals surface area contributed by atoms with Crippen LogP contribution in [0.2, 0.25) is 0 Å². The Bertz CT molecular complexity index is 461. The van der Waals surface area contributed by atoms with Gasteiger partial charge in [-0.3, -0.25) is 9.59 Å². The number of carbonyl (C=O) groups is 2. The zero-order chi connectivity index (χ0) is 15.5. The van der Waals surface area contributed by atoms with Gasteiger partial charge in [0.1, 0.15) is 11.4 Å². The topological polar surface area (TPSA) is 71.1 Å². The molecule has 1 aromatic rings. The minimum atomic E-state index is -0.232. The van der Waals surface area contributed by atoms with Gasteiger partial charge in [0.15, 0.2) is 0 Å². The first-order chi connectivity index (χ1) is 10.2. The Kier molecular flexibility index (Phi) is 8.09. The highest BCUT2D eigenvalue weighted by Gasteiger charge is 2.11. The molecule has 1 aromatic heterocycles. The predicted octanol–water partition coefficient (Wildman–Crippen LogP) is 2.53. The quantitative estimate of drug-likeness (QED) is 0.687. The number of unbranched alkanes of at least 4 members (excludes halogenated alkanes) is 3. The third-order valence-electron chi connectivity index (χ3n) is 3.10. The number of pyridine rings is 1. The van der Waals surface area contributed by atoms with Gasteiger partial charge in [-0.15, -0.1) is 0 Å². The largest absolute Gasteiger partial charge is 0.351 e. The fraction of sp³-hybridized carbons (Fsp3) is 0.562. The van der Waals surface area contributed by atoms with Crippen molar-refractivity contribution >= 4 is 11.8 Å². The van der Waals surface area contributed by atoms with Crippen molar-refractivity contribution in [2.75, 3.05) is 13.1 Å². The summed E-state index contributed by atoms with van der Waals surface area (Å²) in [5, 5.41) is 5.61. The molecule has 0 aliphatic heterocycles. The minimum absolute atomic E-state index is 0.227. The smallest absolute Gasteiger partial charge is 0.269 e. The number of aromatic nitrogens is 1. The van der Waals surface area contributed by atoms with Crippen LogP contribution in [0.25, 0.3) is 0 Å². The molecule has 5 heteroatoms. The standard InChI is InChI=1S/C16H25N3O2/c1-3-5-7-12-18-16(21)14-10-8-9-13(19-14)15(20)17-11-6-4-2/h8-10H,3-7,11-12H2,1-2H3,(H,17,20)(H,18,21). The van der Waals surface area contributed by atoms with Crippen molar-refractivity contribution in [2.45, 2.75) is 46.0 Å². The summed E-state index contributed by atoms with van der Waals surface area (Å²) < 4.78 is 0. The van der Waals surface area contributed by atoms with Gasteiger partial charge in [-0.1, -0.05) is 39.2 Å². The van der Waals surface area contributed by atoms with Crippen molar-refractivity contribution in [1.29, 1.82) is 0 Å². The summed E-state index contributed by atoms with van der Waals surface area (Å²) in [5.74, 6) is -0.460. The van der Waals surface area contributed by atoms with Crippen LogP contribution in [-0.4, -0.2) is 29.9 Å². The average molecular weight is 291 g/mol. The molecule has 1 heterocycles. The van der Waals surface area contributed by atoms with Gasteiger partial charge < -0.3 is 10.6 Å². The summed E-state index contributed by atoms with van der Waals surface area (Å²) in [7, 11) is 0. The Morgan fingerprint density at radius 3 is 1.95 bits per heavy atom. The van der Waals surface area contributed by atoms with Crippen LogP contribution in [0.5, 0.6) is 0 Å². The first kappa shape index (κ1) is 17.1. The van der Waals surface area contributed by atoms with E-state index in [1.165, 1.54) is 0 Å². The van der Waals surface area contributed by atoms with Crippen LogP contribution < -0.4 is 10.6 Å². The Balaban J connectivity index is 2.54. The molecule has 0 aliphatic rings. The van der Waals surface area contributed by atoms with E-state index in [2.05, 4.69) is 29.5 Å². The molecule has 1 rings (SSSR count). The monoisotopic (exact) mass is 291 g/mol. The molecule has 0 fully saturated rings. The molecular weight excluding hydrogens is 266 g/mol. The van der Waals surface area contributed by atoms with Crippen LogP contribution in [0.3, 0.4) is 0 Å². The Morgan fingerprint density at radius 2 is 1.43 bits per heavy atom. The van der Waals surface area contributed by atoms with Crippen LogP contribution >= 0.6 is 0 Å². The predicted molar refractivity (Wildman–Crippen MR) is 83.3 cm³/mol. The molecule has 2 amide bonds. The van der Waals surface area contributed by atoms with E-state index in [1.54, 1.807) is 18.2 Å². The van der Waals surface area contributed by atoms with E-state index >= 15 is 0 Å². The molecule has 0 atom stereocenters. The SMILES string of the molecule is CCCCCNC(=O)c1cccc(C(=O)NCCCC)n1. The van der Waals surface area contributed by atoms with E-state index < -0.39 is 0 Å². The molecule has 116 valence electrons. The number of hydrogen-bond donors (Lipinski definition) is 2. The molecule has 0 radical (unpaired) electrons. The zero-order valence-corrected chi connectivity index (χ0v) is 12.9. The summed E-state index contributed by atoms with van der Waals surface area (Å²) >= 11 is 0. The fourth-order valence-corrected chi connectivity index (χ4v) is 1.82. The lowest BCUT2D eigenvalue weighted by atomic mass is 10.2. The Hall–Kier alpha value is -1.91. The number of hydrogen-bond acceptors (Lipinski definition) is 3. The highest BCUT2D eigenvalue weighted by atomic mass is 16.2.